The van der Waals surface area contributed by atoms with Crippen LogP contribution >= 0.6 is 11.8 Å². The number of hydrogen-bond donors (Lipinski definition) is 1. The third kappa shape index (κ3) is 4.19. The number of benzene rings is 1. The number of carbonyl (C=O) groups is 2. The van der Waals surface area contributed by atoms with Crippen LogP contribution < -0.4 is 10.2 Å². The largest absolute Gasteiger partial charge is 0.409 e. The summed E-state index contributed by atoms with van der Waals surface area (Å²) < 4.78 is 42.6. The smallest absolute Gasteiger partial charge is 0.324 e. The van der Waals surface area contributed by atoms with Crippen LogP contribution in [0.15, 0.2) is 48.4 Å². The van der Waals surface area contributed by atoms with E-state index in [1.807, 2.05) is 0 Å². The zero-order valence-corrected chi connectivity index (χ0v) is 15.3. The number of para-hydroxylation sites is 2. The van der Waals surface area contributed by atoms with E-state index in [-0.39, 0.29) is 17.1 Å². The van der Waals surface area contributed by atoms with Gasteiger partial charge in [-0.3, -0.25) is 14.5 Å². The molecule has 0 spiro atoms. The Morgan fingerprint density at radius 1 is 1.39 bits per heavy atom. The Kier molecular flexibility index (Phi) is 5.73. The van der Waals surface area contributed by atoms with E-state index in [9.17, 15) is 22.8 Å². The molecule has 2 heterocycles. The monoisotopic (exact) mass is 411 g/mol. The van der Waals surface area contributed by atoms with Crippen LogP contribution in [0.3, 0.4) is 0 Å². The lowest BCUT2D eigenvalue weighted by Gasteiger charge is -2.31. The fourth-order valence-electron chi connectivity index (χ4n) is 2.81. The van der Waals surface area contributed by atoms with E-state index in [1.54, 1.807) is 16.7 Å². The molecule has 1 N–H and O–H groups in total. The van der Waals surface area contributed by atoms with E-state index in [0.29, 0.717) is 16.6 Å². The molecule has 0 aliphatic carbocycles. The zero-order chi connectivity index (χ0) is 20.3. The lowest BCUT2D eigenvalue weighted by Crippen LogP contribution is -2.50. The predicted octanol–water partition coefficient (Wildman–Crippen LogP) is 2.86. The normalized spacial score (nSPS) is 16.9. The molecule has 1 unspecified atom stereocenters. The van der Waals surface area contributed by atoms with Crippen LogP contribution in [0.1, 0.15) is 6.42 Å². The number of nitrogens with zero attached hydrogens (tertiary/aromatic N) is 4. The van der Waals surface area contributed by atoms with Crippen molar-refractivity contribution in [3.05, 3.63) is 43.2 Å². The summed E-state index contributed by atoms with van der Waals surface area (Å²) >= 11 is 0.968. The van der Waals surface area contributed by atoms with Crippen LogP contribution in [0.2, 0.25) is 0 Å². The quantitative estimate of drug-likeness (QED) is 0.605. The SMILES string of the molecule is C=CCn1cnnc1SCC(=O)N1c2ccccc2NC(=O)CC1C(F)(F)F. The Morgan fingerprint density at radius 2 is 2.14 bits per heavy atom. The second kappa shape index (κ2) is 8.05. The Morgan fingerprint density at radius 3 is 2.86 bits per heavy atom. The summed E-state index contributed by atoms with van der Waals surface area (Å²) in [5.74, 6) is -1.89. The second-order valence-corrected chi connectivity index (χ2v) is 6.88. The van der Waals surface area contributed by atoms with Crippen molar-refractivity contribution in [1.29, 1.82) is 0 Å². The van der Waals surface area contributed by atoms with Gasteiger partial charge in [0.05, 0.1) is 23.5 Å². The Labute approximate surface area is 162 Å². The maximum absolute atomic E-state index is 13.7. The van der Waals surface area contributed by atoms with Crippen LogP contribution in [-0.4, -0.2) is 44.5 Å². The van der Waals surface area contributed by atoms with Gasteiger partial charge in [0, 0.05) is 6.54 Å². The van der Waals surface area contributed by atoms with E-state index in [4.69, 9.17) is 0 Å². The zero-order valence-electron chi connectivity index (χ0n) is 14.5. The Balaban J connectivity index is 1.90. The van der Waals surface area contributed by atoms with Crippen LogP contribution in [0.25, 0.3) is 0 Å². The fourth-order valence-corrected chi connectivity index (χ4v) is 3.60. The highest BCUT2D eigenvalue weighted by Gasteiger charge is 2.48. The van der Waals surface area contributed by atoms with Gasteiger partial charge in [-0.15, -0.1) is 16.8 Å². The second-order valence-electron chi connectivity index (χ2n) is 5.93. The number of nitrogens with one attached hydrogen (secondary N) is 1. The minimum absolute atomic E-state index is 0.00818. The van der Waals surface area contributed by atoms with Gasteiger partial charge in [0.2, 0.25) is 11.8 Å². The molecule has 148 valence electrons. The first-order chi connectivity index (χ1) is 13.3. The number of aromatic nitrogens is 3. The molecule has 28 heavy (non-hydrogen) atoms. The van der Waals surface area contributed by atoms with Gasteiger partial charge >= 0.3 is 6.18 Å². The van der Waals surface area contributed by atoms with Gasteiger partial charge in [0.1, 0.15) is 12.4 Å². The van der Waals surface area contributed by atoms with Crippen molar-refractivity contribution in [2.75, 3.05) is 16.0 Å². The van der Waals surface area contributed by atoms with Crippen molar-refractivity contribution >= 4 is 35.0 Å². The van der Waals surface area contributed by atoms with E-state index in [1.165, 1.54) is 24.5 Å². The van der Waals surface area contributed by atoms with Crippen molar-refractivity contribution in [3.8, 4) is 0 Å². The van der Waals surface area contributed by atoms with Crippen molar-refractivity contribution < 1.29 is 22.8 Å². The highest BCUT2D eigenvalue weighted by atomic mass is 32.2. The predicted molar refractivity (Wildman–Crippen MR) is 98.0 cm³/mol. The molecule has 0 saturated carbocycles. The molecule has 1 aliphatic heterocycles. The lowest BCUT2D eigenvalue weighted by atomic mass is 10.1. The molecule has 1 aliphatic rings. The topological polar surface area (TPSA) is 80.1 Å². The standard InChI is InChI=1S/C17H16F3N5O2S/c1-2-7-24-10-21-23-16(24)28-9-15(27)25-12-6-4-3-5-11(12)22-14(26)8-13(25)17(18,19)20/h2-6,10,13H,1,7-9H2,(H,22,26). The van der Waals surface area contributed by atoms with Crippen molar-refractivity contribution in [1.82, 2.24) is 14.8 Å². The summed E-state index contributed by atoms with van der Waals surface area (Å²) in [6.45, 7) is 4.00. The summed E-state index contributed by atoms with van der Waals surface area (Å²) in [6, 6.07) is 3.66. The van der Waals surface area contributed by atoms with Gasteiger partial charge in [-0.05, 0) is 12.1 Å². The third-order valence-corrected chi connectivity index (χ3v) is 4.97. The van der Waals surface area contributed by atoms with Gasteiger partial charge in [-0.1, -0.05) is 30.0 Å². The number of fused-ring (bicyclic) bond motifs is 1. The van der Waals surface area contributed by atoms with Gasteiger partial charge in [0.25, 0.3) is 0 Å². The Hall–Kier alpha value is -2.82. The molecule has 0 radical (unpaired) electrons. The fraction of sp³-hybridized carbons (Fsp3) is 0.294. The molecule has 0 bridgehead atoms. The molecular weight excluding hydrogens is 395 g/mol. The van der Waals surface area contributed by atoms with Crippen LogP contribution in [0.4, 0.5) is 24.5 Å². The molecule has 3 rings (SSSR count). The van der Waals surface area contributed by atoms with Crippen molar-refractivity contribution in [2.45, 2.75) is 30.3 Å². The van der Waals surface area contributed by atoms with Crippen molar-refractivity contribution in [3.63, 3.8) is 0 Å². The number of anilines is 2. The van der Waals surface area contributed by atoms with Crippen LogP contribution in [-0.2, 0) is 16.1 Å². The summed E-state index contributed by atoms with van der Waals surface area (Å²) in [7, 11) is 0. The minimum atomic E-state index is -4.77. The average molecular weight is 411 g/mol. The van der Waals surface area contributed by atoms with E-state index >= 15 is 0 Å². The van der Waals surface area contributed by atoms with E-state index < -0.39 is 30.5 Å². The number of hydrogen-bond acceptors (Lipinski definition) is 5. The maximum Gasteiger partial charge on any atom is 0.409 e. The third-order valence-electron chi connectivity index (χ3n) is 4.01. The average Bonchev–Trinajstić information content (AvgIpc) is 3.00. The van der Waals surface area contributed by atoms with Crippen LogP contribution in [0.5, 0.6) is 0 Å². The van der Waals surface area contributed by atoms with E-state index in [2.05, 4.69) is 22.1 Å². The number of halogens is 3. The summed E-state index contributed by atoms with van der Waals surface area (Å²) in [5.41, 5.74) is 0.168. The molecule has 1 aromatic heterocycles. The van der Waals surface area contributed by atoms with E-state index in [0.717, 1.165) is 11.8 Å². The molecule has 0 saturated heterocycles. The highest BCUT2D eigenvalue weighted by Crippen LogP contribution is 2.38. The molecule has 2 aromatic rings. The number of thioether (sulfide) groups is 1. The number of rotatable bonds is 5. The lowest BCUT2D eigenvalue weighted by molar-refractivity contribution is -0.157. The number of amides is 2. The van der Waals surface area contributed by atoms with Gasteiger partial charge in [-0.2, -0.15) is 13.2 Å². The summed E-state index contributed by atoms with van der Waals surface area (Å²) in [6.07, 6.45) is -2.59. The Bertz CT molecular complexity index is 899. The maximum atomic E-state index is 13.7. The molecule has 1 aromatic carbocycles. The number of allylic oxidation sites excluding steroid dienone is 1. The summed E-state index contributed by atoms with van der Waals surface area (Å²) in [4.78, 5) is 25.4. The van der Waals surface area contributed by atoms with Crippen LogP contribution in [0, 0.1) is 0 Å². The first kappa shape index (κ1) is 19.9. The molecule has 11 heteroatoms. The van der Waals surface area contributed by atoms with Gasteiger partial charge in [-0.25, -0.2) is 0 Å². The minimum Gasteiger partial charge on any atom is -0.324 e. The molecule has 0 fully saturated rings. The molecule has 2 amide bonds. The highest BCUT2D eigenvalue weighted by molar-refractivity contribution is 7.99. The first-order valence-electron chi connectivity index (χ1n) is 8.20. The van der Waals surface area contributed by atoms with Crippen molar-refractivity contribution in [2.24, 2.45) is 0 Å². The van der Waals surface area contributed by atoms with Gasteiger partial charge < -0.3 is 9.88 Å². The number of alkyl halides is 3. The molecular formula is C17H16F3N5O2S. The molecule has 1 atom stereocenters. The molecule has 7 nitrogen and oxygen atoms in total. The summed E-state index contributed by atoms with van der Waals surface area (Å²) in [5, 5.41) is 10.4. The first-order valence-corrected chi connectivity index (χ1v) is 9.19. The number of carbonyl (C=O) groups excluding carboxylic acids is 2. The van der Waals surface area contributed by atoms with Gasteiger partial charge in [0.15, 0.2) is 5.16 Å².